The number of hydrogen-bond donors (Lipinski definition) is 1. The minimum atomic E-state index is -3.81. The maximum Gasteiger partial charge on any atom is 0.261 e. The highest BCUT2D eigenvalue weighted by atomic mass is 35.5. The molecule has 1 N–H and O–H groups in total. The fourth-order valence-electron chi connectivity index (χ4n) is 3.25. The average molecular weight is 437 g/mol. The number of nitrogens with zero attached hydrogens (tertiary/aromatic N) is 1. The highest BCUT2D eigenvalue weighted by molar-refractivity contribution is 8.00. The molecule has 1 atom stereocenters. The van der Waals surface area contributed by atoms with E-state index in [-0.39, 0.29) is 22.0 Å². The van der Waals surface area contributed by atoms with E-state index >= 15 is 0 Å². The van der Waals surface area contributed by atoms with Crippen molar-refractivity contribution in [2.45, 2.75) is 41.7 Å². The third kappa shape index (κ3) is 3.88. The molecular weight excluding hydrogens is 416 g/mol. The number of sulfonamides is 1. The molecule has 2 aliphatic rings. The Morgan fingerprint density at radius 3 is 2.68 bits per heavy atom. The number of carbonyl (C=O) groups excluding carboxylic acids is 1. The van der Waals surface area contributed by atoms with Crippen LogP contribution in [0.4, 0.5) is 11.4 Å². The SMILES string of the molecule is Cc1ccc(Cl)cc1NS(=O)(=O)c1ccc2c(c1)N(C(=O)C1CC1)C[C@H](C)S2. The van der Waals surface area contributed by atoms with Gasteiger partial charge in [0.1, 0.15) is 0 Å². The number of fused-ring (bicyclic) bond motifs is 1. The van der Waals surface area contributed by atoms with Gasteiger partial charge in [0.15, 0.2) is 0 Å². The number of carbonyl (C=O) groups is 1. The Kier molecular flexibility index (Phi) is 5.10. The van der Waals surface area contributed by atoms with Crippen molar-refractivity contribution < 1.29 is 13.2 Å². The molecule has 28 heavy (non-hydrogen) atoms. The quantitative estimate of drug-likeness (QED) is 0.755. The Hall–Kier alpha value is -1.70. The monoisotopic (exact) mass is 436 g/mol. The number of halogens is 1. The van der Waals surface area contributed by atoms with E-state index in [1.165, 1.54) is 0 Å². The summed E-state index contributed by atoms with van der Waals surface area (Å²) in [7, 11) is -3.81. The molecular formula is C20H21ClN2O3S2. The van der Waals surface area contributed by atoms with Gasteiger partial charge in [-0.25, -0.2) is 8.42 Å². The maximum atomic E-state index is 13.0. The van der Waals surface area contributed by atoms with Crippen LogP contribution in [0, 0.1) is 12.8 Å². The lowest BCUT2D eigenvalue weighted by Crippen LogP contribution is -2.39. The van der Waals surface area contributed by atoms with Gasteiger partial charge in [0.25, 0.3) is 10.0 Å². The van der Waals surface area contributed by atoms with Gasteiger partial charge in [-0.3, -0.25) is 9.52 Å². The fourth-order valence-corrected chi connectivity index (χ4v) is 5.66. The second kappa shape index (κ2) is 7.28. The van der Waals surface area contributed by atoms with E-state index in [2.05, 4.69) is 11.6 Å². The first kappa shape index (κ1) is 19.6. The van der Waals surface area contributed by atoms with Crippen molar-refractivity contribution in [3.63, 3.8) is 0 Å². The van der Waals surface area contributed by atoms with Crippen LogP contribution in [-0.2, 0) is 14.8 Å². The molecule has 1 aliphatic heterocycles. The van der Waals surface area contributed by atoms with Crippen LogP contribution in [0.1, 0.15) is 25.3 Å². The van der Waals surface area contributed by atoms with E-state index in [0.717, 1.165) is 23.3 Å². The molecule has 148 valence electrons. The van der Waals surface area contributed by atoms with E-state index < -0.39 is 10.0 Å². The van der Waals surface area contributed by atoms with Gasteiger partial charge in [-0.2, -0.15) is 0 Å². The van der Waals surface area contributed by atoms with Crippen molar-refractivity contribution in [3.05, 3.63) is 47.0 Å². The summed E-state index contributed by atoms with van der Waals surface area (Å²) >= 11 is 7.67. The van der Waals surface area contributed by atoms with Gasteiger partial charge in [-0.15, -0.1) is 11.8 Å². The third-order valence-corrected chi connectivity index (χ3v) is 7.68. The Balaban J connectivity index is 1.70. The van der Waals surface area contributed by atoms with E-state index in [9.17, 15) is 13.2 Å². The lowest BCUT2D eigenvalue weighted by atomic mass is 10.2. The molecule has 1 amide bonds. The second-order valence-electron chi connectivity index (χ2n) is 7.35. The molecule has 0 spiro atoms. The van der Waals surface area contributed by atoms with E-state index in [1.54, 1.807) is 53.1 Å². The highest BCUT2D eigenvalue weighted by Gasteiger charge is 2.37. The van der Waals surface area contributed by atoms with Crippen molar-refractivity contribution in [2.75, 3.05) is 16.2 Å². The summed E-state index contributed by atoms with van der Waals surface area (Å²) in [6.07, 6.45) is 1.83. The Labute approximate surface area is 174 Å². The van der Waals surface area contributed by atoms with E-state index in [1.807, 2.05) is 6.92 Å². The molecule has 0 saturated heterocycles. The summed E-state index contributed by atoms with van der Waals surface area (Å²) in [6, 6.07) is 10.1. The topological polar surface area (TPSA) is 66.5 Å². The molecule has 0 radical (unpaired) electrons. The van der Waals surface area contributed by atoms with Crippen LogP contribution >= 0.6 is 23.4 Å². The first-order chi connectivity index (χ1) is 13.2. The standard InChI is InChI=1S/C20H21ClN2O3S2/c1-12-3-6-15(21)9-17(12)22-28(25,26)16-7-8-19-18(10-16)23(11-13(2)27-19)20(24)14-4-5-14/h3,6-10,13-14,22H,4-5,11H2,1-2H3/t13-/m0/s1. The first-order valence-corrected chi connectivity index (χ1v) is 11.9. The summed E-state index contributed by atoms with van der Waals surface area (Å²) in [5.74, 6) is 0.178. The number of nitrogens with one attached hydrogen (secondary N) is 1. The predicted molar refractivity (Wildman–Crippen MR) is 114 cm³/mol. The molecule has 8 heteroatoms. The fraction of sp³-hybridized carbons (Fsp3) is 0.350. The number of benzene rings is 2. The molecule has 0 unspecified atom stereocenters. The average Bonchev–Trinajstić information content (AvgIpc) is 3.48. The van der Waals surface area contributed by atoms with E-state index in [0.29, 0.717) is 22.9 Å². The molecule has 4 rings (SSSR count). The summed E-state index contributed by atoms with van der Waals surface area (Å²) in [5, 5.41) is 0.727. The second-order valence-corrected chi connectivity index (χ2v) is 10.9. The van der Waals surface area contributed by atoms with Gasteiger partial charge < -0.3 is 4.90 Å². The predicted octanol–water partition coefficient (Wildman–Crippen LogP) is 4.69. The zero-order valence-corrected chi connectivity index (χ0v) is 18.0. The third-order valence-electron chi connectivity index (χ3n) is 4.94. The van der Waals surface area contributed by atoms with Gasteiger partial charge >= 0.3 is 0 Å². The van der Waals surface area contributed by atoms with Crippen LogP contribution in [0.25, 0.3) is 0 Å². The van der Waals surface area contributed by atoms with Crippen LogP contribution in [0.3, 0.4) is 0 Å². The van der Waals surface area contributed by atoms with Gasteiger partial charge in [-0.05, 0) is 55.7 Å². The summed E-state index contributed by atoms with van der Waals surface area (Å²) < 4.78 is 28.6. The number of aryl methyl sites for hydroxylation is 1. The van der Waals surface area contributed by atoms with Gasteiger partial charge in [0.2, 0.25) is 5.91 Å². The van der Waals surface area contributed by atoms with Crippen LogP contribution < -0.4 is 9.62 Å². The molecule has 5 nitrogen and oxygen atoms in total. The Morgan fingerprint density at radius 1 is 1.21 bits per heavy atom. The molecule has 1 aliphatic carbocycles. The molecule has 1 fully saturated rings. The van der Waals surface area contributed by atoms with E-state index in [4.69, 9.17) is 11.6 Å². The maximum absolute atomic E-state index is 13.0. The zero-order valence-electron chi connectivity index (χ0n) is 15.6. The van der Waals surface area contributed by atoms with Gasteiger partial charge in [-0.1, -0.05) is 24.6 Å². The lowest BCUT2D eigenvalue weighted by Gasteiger charge is -2.33. The van der Waals surface area contributed by atoms with Crippen molar-refractivity contribution in [1.29, 1.82) is 0 Å². The Morgan fingerprint density at radius 2 is 1.96 bits per heavy atom. The lowest BCUT2D eigenvalue weighted by molar-refractivity contribution is -0.119. The number of rotatable bonds is 4. The van der Waals surface area contributed by atoms with Crippen molar-refractivity contribution in [3.8, 4) is 0 Å². The van der Waals surface area contributed by atoms with Crippen LogP contribution in [0.5, 0.6) is 0 Å². The smallest absolute Gasteiger partial charge is 0.261 e. The highest BCUT2D eigenvalue weighted by Crippen LogP contribution is 2.42. The molecule has 2 aromatic carbocycles. The first-order valence-electron chi connectivity index (χ1n) is 9.15. The zero-order chi connectivity index (χ0) is 20.1. The summed E-state index contributed by atoms with van der Waals surface area (Å²) in [6.45, 7) is 4.49. The molecule has 0 aromatic heterocycles. The summed E-state index contributed by atoms with van der Waals surface area (Å²) in [5.41, 5.74) is 1.91. The minimum Gasteiger partial charge on any atom is -0.310 e. The molecule has 2 aromatic rings. The molecule has 1 heterocycles. The largest absolute Gasteiger partial charge is 0.310 e. The van der Waals surface area contributed by atoms with Crippen molar-refractivity contribution in [1.82, 2.24) is 0 Å². The summed E-state index contributed by atoms with van der Waals surface area (Å²) in [4.78, 5) is 15.6. The van der Waals surface area contributed by atoms with Crippen LogP contribution in [0.15, 0.2) is 46.2 Å². The number of thioether (sulfide) groups is 1. The minimum absolute atomic E-state index is 0.0793. The normalized spacial score (nSPS) is 19.2. The molecule has 1 saturated carbocycles. The molecule has 0 bridgehead atoms. The van der Waals surface area contributed by atoms with Gasteiger partial charge in [0.05, 0.1) is 16.3 Å². The Bertz CT molecular complexity index is 1050. The number of anilines is 2. The van der Waals surface area contributed by atoms with Crippen LogP contribution in [-0.4, -0.2) is 26.1 Å². The van der Waals surface area contributed by atoms with Crippen LogP contribution in [0.2, 0.25) is 5.02 Å². The number of amides is 1. The van der Waals surface area contributed by atoms with Crippen molar-refractivity contribution in [2.24, 2.45) is 5.92 Å². The number of hydrogen-bond acceptors (Lipinski definition) is 4. The van der Waals surface area contributed by atoms with Crippen molar-refractivity contribution >= 4 is 50.7 Å². The van der Waals surface area contributed by atoms with Gasteiger partial charge in [0, 0.05) is 27.6 Å².